The number of hydrogen-bond acceptors (Lipinski definition) is 2. The molecular formula is C16H19ClN2. The number of hydrogen-bond donors (Lipinski definition) is 1. The highest BCUT2D eigenvalue weighted by molar-refractivity contribution is 6.30. The molecule has 0 amide bonds. The first-order valence-electron chi connectivity index (χ1n) is 6.33. The van der Waals surface area contributed by atoms with Gasteiger partial charge in [0.15, 0.2) is 0 Å². The maximum Gasteiger partial charge on any atom is 0.0409 e. The molecule has 0 aliphatic carbocycles. The Bertz CT molecular complexity index is 535. The van der Waals surface area contributed by atoms with E-state index in [-0.39, 0.29) is 6.04 Å². The summed E-state index contributed by atoms with van der Waals surface area (Å²) in [5.74, 6) is 0. The molecule has 0 saturated heterocycles. The molecule has 1 unspecified atom stereocenters. The van der Waals surface area contributed by atoms with E-state index in [4.69, 9.17) is 17.3 Å². The molecule has 100 valence electrons. The molecule has 2 aromatic carbocycles. The van der Waals surface area contributed by atoms with Crippen molar-refractivity contribution in [1.29, 1.82) is 0 Å². The van der Waals surface area contributed by atoms with Crippen LogP contribution in [0.15, 0.2) is 48.5 Å². The molecule has 0 aliphatic heterocycles. The molecule has 2 nitrogen and oxygen atoms in total. The number of halogens is 1. The third-order valence-corrected chi connectivity index (χ3v) is 3.42. The van der Waals surface area contributed by atoms with Crippen molar-refractivity contribution in [1.82, 2.24) is 0 Å². The average Bonchev–Trinajstić information content (AvgIpc) is 2.39. The Hall–Kier alpha value is -1.51. The van der Waals surface area contributed by atoms with Crippen LogP contribution in [0.2, 0.25) is 5.02 Å². The molecule has 2 rings (SSSR count). The third-order valence-electron chi connectivity index (χ3n) is 3.19. The van der Waals surface area contributed by atoms with Gasteiger partial charge in [0.2, 0.25) is 0 Å². The zero-order valence-corrected chi connectivity index (χ0v) is 12.1. The maximum atomic E-state index is 6.22. The van der Waals surface area contributed by atoms with E-state index in [2.05, 4.69) is 29.2 Å². The van der Waals surface area contributed by atoms with Gasteiger partial charge < -0.3 is 10.6 Å². The average molecular weight is 275 g/mol. The number of nitrogens with two attached hydrogens (primary N) is 1. The van der Waals surface area contributed by atoms with Crippen molar-refractivity contribution in [3.63, 3.8) is 0 Å². The van der Waals surface area contributed by atoms with Crippen LogP contribution >= 0.6 is 11.6 Å². The largest absolute Gasteiger partial charge is 0.378 e. The number of anilines is 1. The molecule has 0 aliphatic rings. The van der Waals surface area contributed by atoms with Crippen LogP contribution in [0.1, 0.15) is 17.2 Å². The molecule has 0 aromatic heterocycles. The van der Waals surface area contributed by atoms with E-state index in [1.165, 1.54) is 11.3 Å². The summed E-state index contributed by atoms with van der Waals surface area (Å²) >= 11 is 5.99. The lowest BCUT2D eigenvalue weighted by Crippen LogP contribution is -2.13. The Morgan fingerprint density at radius 2 is 1.79 bits per heavy atom. The van der Waals surface area contributed by atoms with E-state index >= 15 is 0 Å². The zero-order valence-electron chi connectivity index (χ0n) is 11.3. The minimum atomic E-state index is -0.0242. The number of nitrogens with zero attached hydrogens (tertiary/aromatic N) is 1. The summed E-state index contributed by atoms with van der Waals surface area (Å²) in [4.78, 5) is 2.08. The summed E-state index contributed by atoms with van der Waals surface area (Å²) in [6, 6.07) is 16.2. The van der Waals surface area contributed by atoms with E-state index in [0.717, 1.165) is 17.0 Å². The SMILES string of the molecule is CN(C)c1ccc(CC(N)c2cccc(Cl)c2)cc1. The maximum absolute atomic E-state index is 6.22. The van der Waals surface area contributed by atoms with Crippen LogP contribution < -0.4 is 10.6 Å². The molecule has 2 N–H and O–H groups in total. The zero-order chi connectivity index (χ0) is 13.8. The number of rotatable bonds is 4. The van der Waals surface area contributed by atoms with Crippen molar-refractivity contribution in [2.45, 2.75) is 12.5 Å². The van der Waals surface area contributed by atoms with Crippen molar-refractivity contribution in [2.75, 3.05) is 19.0 Å². The molecule has 3 heteroatoms. The Balaban J connectivity index is 2.08. The second kappa shape index (κ2) is 6.09. The highest BCUT2D eigenvalue weighted by atomic mass is 35.5. The molecule has 0 spiro atoms. The molecule has 2 aromatic rings. The summed E-state index contributed by atoms with van der Waals surface area (Å²) in [6.07, 6.45) is 0.814. The van der Waals surface area contributed by atoms with Gasteiger partial charge in [-0.2, -0.15) is 0 Å². The van der Waals surface area contributed by atoms with Gasteiger partial charge in [-0.3, -0.25) is 0 Å². The van der Waals surface area contributed by atoms with Crippen LogP contribution in [-0.2, 0) is 6.42 Å². The lowest BCUT2D eigenvalue weighted by atomic mass is 9.99. The molecule has 1 atom stereocenters. The minimum absolute atomic E-state index is 0.0242. The fourth-order valence-corrected chi connectivity index (χ4v) is 2.24. The molecule has 0 fully saturated rings. The van der Waals surface area contributed by atoms with Crippen molar-refractivity contribution in [3.05, 3.63) is 64.7 Å². The number of benzene rings is 2. The standard InChI is InChI=1S/C16H19ClN2/c1-19(2)15-8-6-12(7-9-15)10-16(18)13-4-3-5-14(17)11-13/h3-9,11,16H,10,18H2,1-2H3. The van der Waals surface area contributed by atoms with Gasteiger partial charge in [-0.25, -0.2) is 0 Å². The van der Waals surface area contributed by atoms with Gasteiger partial charge in [-0.1, -0.05) is 35.9 Å². The Morgan fingerprint density at radius 1 is 1.11 bits per heavy atom. The van der Waals surface area contributed by atoms with E-state index < -0.39 is 0 Å². The molecule has 0 heterocycles. The van der Waals surface area contributed by atoms with Crippen molar-refractivity contribution >= 4 is 17.3 Å². The Labute approximate surface area is 119 Å². The summed E-state index contributed by atoms with van der Waals surface area (Å²) in [5.41, 5.74) is 9.73. The molecule has 19 heavy (non-hydrogen) atoms. The second-order valence-electron chi connectivity index (χ2n) is 4.93. The van der Waals surface area contributed by atoms with E-state index in [9.17, 15) is 0 Å². The first-order chi connectivity index (χ1) is 9.06. The Kier molecular flexibility index (Phi) is 4.46. The van der Waals surface area contributed by atoms with Crippen LogP contribution in [0, 0.1) is 0 Å². The van der Waals surface area contributed by atoms with Crippen LogP contribution in [0.25, 0.3) is 0 Å². The van der Waals surface area contributed by atoms with E-state index in [1.54, 1.807) is 0 Å². The highest BCUT2D eigenvalue weighted by Crippen LogP contribution is 2.21. The Morgan fingerprint density at radius 3 is 2.37 bits per heavy atom. The third kappa shape index (κ3) is 3.72. The quantitative estimate of drug-likeness (QED) is 0.922. The lowest BCUT2D eigenvalue weighted by Gasteiger charge is -2.15. The van der Waals surface area contributed by atoms with Crippen LogP contribution in [0.3, 0.4) is 0 Å². The lowest BCUT2D eigenvalue weighted by molar-refractivity contribution is 0.722. The van der Waals surface area contributed by atoms with Gasteiger partial charge in [0.25, 0.3) is 0 Å². The fourth-order valence-electron chi connectivity index (χ4n) is 2.04. The van der Waals surface area contributed by atoms with Crippen LogP contribution in [0.5, 0.6) is 0 Å². The predicted molar refractivity (Wildman–Crippen MR) is 82.9 cm³/mol. The predicted octanol–water partition coefficient (Wildman–Crippen LogP) is 3.65. The summed E-state index contributed by atoms with van der Waals surface area (Å²) in [5, 5.41) is 0.732. The molecule has 0 saturated carbocycles. The van der Waals surface area contributed by atoms with E-state index in [1.807, 2.05) is 38.4 Å². The van der Waals surface area contributed by atoms with Crippen molar-refractivity contribution < 1.29 is 0 Å². The van der Waals surface area contributed by atoms with Crippen molar-refractivity contribution in [2.24, 2.45) is 5.73 Å². The highest BCUT2D eigenvalue weighted by Gasteiger charge is 2.07. The minimum Gasteiger partial charge on any atom is -0.378 e. The first-order valence-corrected chi connectivity index (χ1v) is 6.71. The van der Waals surface area contributed by atoms with Gasteiger partial charge in [-0.15, -0.1) is 0 Å². The first kappa shape index (κ1) is 13.9. The van der Waals surface area contributed by atoms with Gasteiger partial charge in [0.1, 0.15) is 0 Å². The summed E-state index contributed by atoms with van der Waals surface area (Å²) in [6.45, 7) is 0. The van der Waals surface area contributed by atoms with Gasteiger partial charge in [0, 0.05) is 30.8 Å². The van der Waals surface area contributed by atoms with Gasteiger partial charge >= 0.3 is 0 Å². The van der Waals surface area contributed by atoms with Gasteiger partial charge in [-0.05, 0) is 41.8 Å². The molecule has 0 bridgehead atoms. The summed E-state index contributed by atoms with van der Waals surface area (Å²) in [7, 11) is 4.07. The monoisotopic (exact) mass is 274 g/mol. The van der Waals surface area contributed by atoms with E-state index in [0.29, 0.717) is 0 Å². The van der Waals surface area contributed by atoms with Crippen molar-refractivity contribution in [3.8, 4) is 0 Å². The smallest absolute Gasteiger partial charge is 0.0409 e. The summed E-state index contributed by atoms with van der Waals surface area (Å²) < 4.78 is 0. The fraction of sp³-hybridized carbons (Fsp3) is 0.250. The molecular weight excluding hydrogens is 256 g/mol. The second-order valence-corrected chi connectivity index (χ2v) is 5.36. The normalized spacial score (nSPS) is 12.2. The topological polar surface area (TPSA) is 29.3 Å². The van der Waals surface area contributed by atoms with Crippen LogP contribution in [0.4, 0.5) is 5.69 Å². The molecule has 0 radical (unpaired) electrons. The van der Waals surface area contributed by atoms with Crippen LogP contribution in [-0.4, -0.2) is 14.1 Å². The van der Waals surface area contributed by atoms with Gasteiger partial charge in [0.05, 0.1) is 0 Å².